The monoisotopic (exact) mass is 161 g/mol. The molecule has 1 rings (SSSR count). The predicted molar refractivity (Wildman–Crippen MR) is 47.5 cm³/mol. The fourth-order valence-electron chi connectivity index (χ4n) is 0.748. The molecule has 1 aliphatic heterocycles. The van der Waals surface area contributed by atoms with E-state index in [0.29, 0.717) is 0 Å². The number of urea groups is 1. The van der Waals surface area contributed by atoms with Gasteiger partial charge in [-0.3, -0.25) is 0 Å². The molecule has 0 atom stereocenters. The zero-order valence-corrected chi connectivity index (χ0v) is 6.55. The smallest absolute Gasteiger partial charge is 0.317 e. The van der Waals surface area contributed by atoms with Gasteiger partial charge in [0.1, 0.15) is 0 Å². The quantitative estimate of drug-likeness (QED) is 0.535. The first-order valence-electron chi connectivity index (χ1n) is 3.37. The van der Waals surface area contributed by atoms with Gasteiger partial charge in [0, 0.05) is 20.1 Å². The van der Waals surface area contributed by atoms with Crippen molar-refractivity contribution in [3.8, 4) is 0 Å². The molecule has 0 bridgehead atoms. The molecule has 1 saturated heterocycles. The van der Waals surface area contributed by atoms with Gasteiger partial charge in [0.2, 0.25) is 0 Å². The number of nitrogens with one attached hydrogen (secondary N) is 1. The van der Waals surface area contributed by atoms with Gasteiger partial charge >= 0.3 is 6.03 Å². The van der Waals surface area contributed by atoms with Crippen LogP contribution in [0.25, 0.3) is 0 Å². The minimum Gasteiger partial charge on any atom is -0.338 e. The number of hydrogen-bond acceptors (Lipinski definition) is 2. The van der Waals surface area contributed by atoms with E-state index in [9.17, 15) is 4.79 Å². The van der Waals surface area contributed by atoms with E-state index < -0.39 is 0 Å². The molecule has 1 heterocycles. The van der Waals surface area contributed by atoms with Crippen LogP contribution >= 0.6 is 0 Å². The molecule has 0 aromatic rings. The van der Waals surface area contributed by atoms with Gasteiger partial charge in [-0.15, -0.1) is 0 Å². The fraction of sp³-hybridized carbons (Fsp3) is 0.857. The van der Waals surface area contributed by atoms with Crippen LogP contribution in [0.5, 0.6) is 0 Å². The second kappa shape index (κ2) is 7.34. The number of nitrogens with zero attached hydrogens (tertiary/aromatic N) is 1. The van der Waals surface area contributed by atoms with Crippen LogP contribution in [-0.2, 0) is 0 Å². The molecule has 4 nitrogen and oxygen atoms in total. The summed E-state index contributed by atoms with van der Waals surface area (Å²) < 4.78 is 0. The second-order valence-electron chi connectivity index (χ2n) is 2.01. The molecule has 2 amide bonds. The summed E-state index contributed by atoms with van der Waals surface area (Å²) in [5, 5.41) is 2.72. The second-order valence-corrected chi connectivity index (χ2v) is 2.01. The van der Waals surface area contributed by atoms with Crippen molar-refractivity contribution in [3.05, 3.63) is 0 Å². The van der Waals surface area contributed by atoms with E-state index in [2.05, 4.69) is 11.1 Å². The Kier molecular flexibility index (Phi) is 8.58. The molecule has 11 heavy (non-hydrogen) atoms. The first kappa shape index (κ1) is 12.9. The van der Waals surface area contributed by atoms with Crippen LogP contribution in [0.1, 0.15) is 13.8 Å². The molecule has 3 N–H and O–H groups in total. The molecule has 4 heteroatoms. The summed E-state index contributed by atoms with van der Waals surface area (Å²) in [7, 11) is 3.30. The summed E-state index contributed by atoms with van der Waals surface area (Å²) in [4.78, 5) is 12.3. The number of hydrogen-bond donors (Lipinski definition) is 2. The molecule has 68 valence electrons. The van der Waals surface area contributed by atoms with Gasteiger partial charge in [0.25, 0.3) is 0 Å². The van der Waals surface area contributed by atoms with Gasteiger partial charge in [-0.2, -0.15) is 0 Å². The van der Waals surface area contributed by atoms with E-state index in [1.807, 2.05) is 0 Å². The summed E-state index contributed by atoms with van der Waals surface area (Å²) in [5.41, 5.74) is 4.50. The number of carbonyl (C=O) groups excluding carboxylic acids is 1. The average molecular weight is 161 g/mol. The molecule has 0 unspecified atom stereocenters. The molecule has 0 aromatic carbocycles. The third-order valence-electron chi connectivity index (χ3n) is 1.29. The standard InChI is InChI=1S/C5H10N2O.CH5N.CH4/c1-7-4-2-3-6-5(7)8;1-2;/h2-4H2,1H3,(H,6,8);2H2,1H3;1H4. The Morgan fingerprint density at radius 1 is 1.55 bits per heavy atom. The van der Waals surface area contributed by atoms with Crippen molar-refractivity contribution in [1.29, 1.82) is 0 Å². The number of rotatable bonds is 0. The van der Waals surface area contributed by atoms with Crippen LogP contribution in [0.15, 0.2) is 0 Å². The van der Waals surface area contributed by atoms with E-state index in [-0.39, 0.29) is 13.5 Å². The molecule has 0 radical (unpaired) electrons. The van der Waals surface area contributed by atoms with Crippen LogP contribution in [0.2, 0.25) is 0 Å². The van der Waals surface area contributed by atoms with Crippen molar-refractivity contribution in [3.63, 3.8) is 0 Å². The van der Waals surface area contributed by atoms with E-state index in [1.54, 1.807) is 11.9 Å². The first-order valence-corrected chi connectivity index (χ1v) is 3.37. The Hall–Kier alpha value is -0.770. The van der Waals surface area contributed by atoms with Crippen LogP contribution in [0.4, 0.5) is 4.79 Å². The highest BCUT2D eigenvalue weighted by molar-refractivity contribution is 5.74. The molecule has 0 saturated carbocycles. The normalized spacial score (nSPS) is 15.5. The zero-order valence-electron chi connectivity index (χ0n) is 6.55. The van der Waals surface area contributed by atoms with Crippen molar-refractivity contribution in [2.45, 2.75) is 13.8 Å². The summed E-state index contributed by atoms with van der Waals surface area (Å²) in [5.74, 6) is 0. The van der Waals surface area contributed by atoms with Crippen molar-refractivity contribution < 1.29 is 4.79 Å². The molecule has 0 spiro atoms. The maximum Gasteiger partial charge on any atom is 0.317 e. The Morgan fingerprint density at radius 3 is 2.36 bits per heavy atom. The minimum absolute atomic E-state index is 0. The predicted octanol–water partition coefficient (Wildman–Crippen LogP) is 0.243. The number of nitrogens with two attached hydrogens (primary N) is 1. The number of amides is 2. The highest BCUT2D eigenvalue weighted by Crippen LogP contribution is 1.92. The topological polar surface area (TPSA) is 58.4 Å². The summed E-state index contributed by atoms with van der Waals surface area (Å²) in [6.07, 6.45) is 1.07. The summed E-state index contributed by atoms with van der Waals surface area (Å²) >= 11 is 0. The van der Waals surface area contributed by atoms with Gasteiger partial charge in [-0.05, 0) is 13.5 Å². The molecular formula is C7H19N3O. The van der Waals surface area contributed by atoms with Gasteiger partial charge in [-0.1, -0.05) is 7.43 Å². The largest absolute Gasteiger partial charge is 0.338 e. The Balaban J connectivity index is 0. The molecular weight excluding hydrogens is 142 g/mol. The third-order valence-corrected chi connectivity index (χ3v) is 1.29. The van der Waals surface area contributed by atoms with Gasteiger partial charge in [-0.25, -0.2) is 4.79 Å². The molecule has 0 aliphatic carbocycles. The Bertz CT molecular complexity index is 106. The van der Waals surface area contributed by atoms with E-state index in [4.69, 9.17) is 0 Å². The minimum atomic E-state index is 0. The number of carbonyl (C=O) groups is 1. The van der Waals surface area contributed by atoms with Gasteiger partial charge in [0.15, 0.2) is 0 Å². The highest BCUT2D eigenvalue weighted by atomic mass is 16.2. The zero-order chi connectivity index (χ0) is 7.98. The van der Waals surface area contributed by atoms with E-state index in [0.717, 1.165) is 19.5 Å². The lowest BCUT2D eigenvalue weighted by molar-refractivity contribution is 0.199. The Labute approximate surface area is 68.7 Å². The fourth-order valence-corrected chi connectivity index (χ4v) is 0.748. The van der Waals surface area contributed by atoms with Crippen molar-refractivity contribution in [2.24, 2.45) is 5.73 Å². The van der Waals surface area contributed by atoms with Gasteiger partial charge in [0.05, 0.1) is 0 Å². The Morgan fingerprint density at radius 2 is 2.09 bits per heavy atom. The molecule has 1 fully saturated rings. The summed E-state index contributed by atoms with van der Waals surface area (Å²) in [6, 6.07) is 0.0521. The van der Waals surface area contributed by atoms with Crippen LogP contribution in [0.3, 0.4) is 0 Å². The molecule has 0 aromatic heterocycles. The lowest BCUT2D eigenvalue weighted by Gasteiger charge is -2.22. The maximum atomic E-state index is 10.6. The van der Waals surface area contributed by atoms with Crippen molar-refractivity contribution in [1.82, 2.24) is 10.2 Å². The van der Waals surface area contributed by atoms with E-state index >= 15 is 0 Å². The average Bonchev–Trinajstić information content (AvgIpc) is 2.00. The first-order chi connectivity index (χ1) is 4.80. The SMILES string of the molecule is C.CN.CN1CCCNC1=O. The van der Waals surface area contributed by atoms with Crippen molar-refractivity contribution >= 4 is 6.03 Å². The van der Waals surface area contributed by atoms with Crippen LogP contribution < -0.4 is 11.1 Å². The van der Waals surface area contributed by atoms with E-state index in [1.165, 1.54) is 7.05 Å². The third kappa shape index (κ3) is 4.61. The molecule has 1 aliphatic rings. The van der Waals surface area contributed by atoms with Crippen LogP contribution in [-0.4, -0.2) is 38.1 Å². The van der Waals surface area contributed by atoms with Gasteiger partial charge < -0.3 is 16.0 Å². The maximum absolute atomic E-state index is 10.6. The summed E-state index contributed by atoms with van der Waals surface area (Å²) in [6.45, 7) is 1.73. The lowest BCUT2D eigenvalue weighted by atomic mass is 10.3. The van der Waals surface area contributed by atoms with Crippen LogP contribution in [0, 0.1) is 0 Å². The highest BCUT2D eigenvalue weighted by Gasteiger charge is 2.10. The van der Waals surface area contributed by atoms with Crippen molar-refractivity contribution in [2.75, 3.05) is 27.2 Å². The lowest BCUT2D eigenvalue weighted by Crippen LogP contribution is -2.43.